The van der Waals surface area contributed by atoms with Gasteiger partial charge >= 0.3 is 5.97 Å². The van der Waals surface area contributed by atoms with Crippen molar-refractivity contribution in [3.8, 4) is 17.1 Å². The summed E-state index contributed by atoms with van der Waals surface area (Å²) >= 11 is 0. The molecule has 0 aliphatic carbocycles. The molecule has 2 aromatic rings. The summed E-state index contributed by atoms with van der Waals surface area (Å²) in [5.41, 5.74) is 1.54. The monoisotopic (exact) mass is 258 g/mol. The lowest BCUT2D eigenvalue weighted by molar-refractivity contribution is 0.0518. The highest BCUT2D eigenvalue weighted by Gasteiger charge is 2.14. The average molecular weight is 258 g/mol. The number of carbonyl (C=O) groups is 1. The number of rotatable bonds is 3. The van der Waals surface area contributed by atoms with Gasteiger partial charge in [0.1, 0.15) is 5.75 Å². The summed E-state index contributed by atoms with van der Waals surface area (Å²) < 4.78 is 4.94. The van der Waals surface area contributed by atoms with Crippen molar-refractivity contribution < 1.29 is 14.6 Å². The second-order valence-corrected chi connectivity index (χ2v) is 4.00. The van der Waals surface area contributed by atoms with E-state index in [0.29, 0.717) is 23.6 Å². The van der Waals surface area contributed by atoms with Gasteiger partial charge < -0.3 is 9.84 Å². The smallest absolute Gasteiger partial charge is 0.357 e. The van der Waals surface area contributed by atoms with Gasteiger partial charge in [0, 0.05) is 17.3 Å². The van der Waals surface area contributed by atoms with Crippen molar-refractivity contribution in [2.75, 3.05) is 6.61 Å². The minimum Gasteiger partial charge on any atom is -0.508 e. The zero-order valence-corrected chi connectivity index (χ0v) is 10.8. The van der Waals surface area contributed by atoms with Crippen LogP contribution in [0.4, 0.5) is 0 Å². The first-order chi connectivity index (χ1) is 9.11. The molecule has 1 heterocycles. The van der Waals surface area contributed by atoms with Crippen molar-refractivity contribution in [1.82, 2.24) is 9.97 Å². The fourth-order valence-electron chi connectivity index (χ4n) is 1.63. The quantitative estimate of drug-likeness (QED) is 0.855. The second kappa shape index (κ2) is 5.48. The number of aryl methyl sites for hydroxylation is 1. The van der Waals surface area contributed by atoms with Gasteiger partial charge in [0.15, 0.2) is 11.5 Å². The molecule has 0 bridgehead atoms. The summed E-state index contributed by atoms with van der Waals surface area (Å²) in [5.74, 6) is 0.0349. The number of ether oxygens (including phenoxy) is 1. The van der Waals surface area contributed by atoms with Gasteiger partial charge in [-0.25, -0.2) is 14.8 Å². The third-order valence-corrected chi connectivity index (χ3v) is 2.54. The van der Waals surface area contributed by atoms with Gasteiger partial charge in [-0.15, -0.1) is 0 Å². The fraction of sp³-hybridized carbons (Fsp3) is 0.214. The Labute approximate surface area is 110 Å². The third kappa shape index (κ3) is 2.88. The van der Waals surface area contributed by atoms with Gasteiger partial charge in [-0.05, 0) is 26.0 Å². The van der Waals surface area contributed by atoms with Crippen molar-refractivity contribution in [1.29, 1.82) is 0 Å². The first kappa shape index (κ1) is 13.0. The Morgan fingerprint density at radius 1 is 1.42 bits per heavy atom. The molecule has 0 fully saturated rings. The van der Waals surface area contributed by atoms with Crippen molar-refractivity contribution in [3.63, 3.8) is 0 Å². The molecule has 2 rings (SSSR count). The summed E-state index contributed by atoms with van der Waals surface area (Å²) in [6, 6.07) is 6.56. The maximum Gasteiger partial charge on any atom is 0.357 e. The van der Waals surface area contributed by atoms with Crippen LogP contribution < -0.4 is 0 Å². The number of aromatic hydroxyl groups is 1. The topological polar surface area (TPSA) is 72.3 Å². The van der Waals surface area contributed by atoms with E-state index < -0.39 is 5.97 Å². The van der Waals surface area contributed by atoms with Crippen LogP contribution in [0.15, 0.2) is 30.5 Å². The second-order valence-electron chi connectivity index (χ2n) is 4.00. The van der Waals surface area contributed by atoms with E-state index in [2.05, 4.69) is 9.97 Å². The fourth-order valence-corrected chi connectivity index (χ4v) is 1.63. The highest BCUT2D eigenvalue weighted by molar-refractivity contribution is 5.89. The van der Waals surface area contributed by atoms with Crippen molar-refractivity contribution in [3.05, 3.63) is 41.7 Å². The molecule has 1 N–H and O–H groups in total. The van der Waals surface area contributed by atoms with Crippen LogP contribution in [0.5, 0.6) is 5.75 Å². The molecule has 1 aromatic carbocycles. The first-order valence-electron chi connectivity index (χ1n) is 5.92. The zero-order valence-electron chi connectivity index (χ0n) is 10.8. The van der Waals surface area contributed by atoms with E-state index in [0.717, 1.165) is 0 Å². The van der Waals surface area contributed by atoms with E-state index in [-0.39, 0.29) is 11.4 Å². The number of aromatic nitrogens is 2. The van der Waals surface area contributed by atoms with Crippen LogP contribution in [0.25, 0.3) is 11.4 Å². The van der Waals surface area contributed by atoms with Gasteiger partial charge in [-0.2, -0.15) is 0 Å². The van der Waals surface area contributed by atoms with E-state index in [9.17, 15) is 9.90 Å². The number of phenols is 1. The molecule has 0 radical (unpaired) electrons. The predicted molar refractivity (Wildman–Crippen MR) is 69.8 cm³/mol. The minimum absolute atomic E-state index is 0.124. The molecule has 0 aliphatic rings. The first-order valence-corrected chi connectivity index (χ1v) is 5.92. The van der Waals surface area contributed by atoms with Gasteiger partial charge in [-0.1, -0.05) is 12.1 Å². The molecule has 0 unspecified atom stereocenters. The molecule has 1 aromatic heterocycles. The summed E-state index contributed by atoms with van der Waals surface area (Å²) in [4.78, 5) is 20.1. The Bertz CT molecular complexity index is 611. The lowest BCUT2D eigenvalue weighted by Gasteiger charge is -2.06. The largest absolute Gasteiger partial charge is 0.508 e. The molecular formula is C14H14N2O3. The zero-order chi connectivity index (χ0) is 13.8. The molecule has 0 spiro atoms. The predicted octanol–water partition coefficient (Wildman–Crippen LogP) is 2.33. The van der Waals surface area contributed by atoms with Crippen LogP contribution in [0, 0.1) is 6.92 Å². The summed E-state index contributed by atoms with van der Waals surface area (Å²) in [7, 11) is 0. The van der Waals surface area contributed by atoms with E-state index in [1.165, 1.54) is 0 Å². The maximum atomic E-state index is 11.8. The van der Waals surface area contributed by atoms with Crippen LogP contribution in [-0.4, -0.2) is 27.7 Å². The van der Waals surface area contributed by atoms with Crippen molar-refractivity contribution in [2.45, 2.75) is 13.8 Å². The Balaban J connectivity index is 2.44. The Morgan fingerprint density at radius 2 is 2.21 bits per heavy atom. The summed E-state index contributed by atoms with van der Waals surface area (Å²) in [5, 5.41) is 9.44. The van der Waals surface area contributed by atoms with Crippen LogP contribution in [0.3, 0.4) is 0 Å². The molecule has 5 heteroatoms. The van der Waals surface area contributed by atoms with Crippen LogP contribution in [-0.2, 0) is 4.74 Å². The van der Waals surface area contributed by atoms with E-state index in [1.807, 2.05) is 0 Å². The maximum absolute atomic E-state index is 11.8. The van der Waals surface area contributed by atoms with Crippen molar-refractivity contribution in [2.24, 2.45) is 0 Å². The van der Waals surface area contributed by atoms with E-state index in [1.54, 1.807) is 44.3 Å². The number of hydrogen-bond donors (Lipinski definition) is 1. The van der Waals surface area contributed by atoms with Crippen LogP contribution in [0.2, 0.25) is 0 Å². The van der Waals surface area contributed by atoms with E-state index >= 15 is 0 Å². The van der Waals surface area contributed by atoms with Gasteiger partial charge in [0.25, 0.3) is 0 Å². The van der Waals surface area contributed by atoms with Gasteiger partial charge in [0.2, 0.25) is 0 Å². The lowest BCUT2D eigenvalue weighted by atomic mass is 10.2. The highest BCUT2D eigenvalue weighted by Crippen LogP contribution is 2.20. The number of nitrogens with zero attached hydrogens (tertiary/aromatic N) is 2. The van der Waals surface area contributed by atoms with Crippen LogP contribution >= 0.6 is 0 Å². The molecule has 98 valence electrons. The van der Waals surface area contributed by atoms with Crippen LogP contribution in [0.1, 0.15) is 23.0 Å². The number of phenolic OH excluding ortho intramolecular Hbond substituents is 1. The van der Waals surface area contributed by atoms with E-state index in [4.69, 9.17) is 4.74 Å². The normalized spacial score (nSPS) is 10.2. The van der Waals surface area contributed by atoms with Gasteiger partial charge in [0.05, 0.1) is 6.61 Å². The van der Waals surface area contributed by atoms with Gasteiger partial charge in [-0.3, -0.25) is 0 Å². The third-order valence-electron chi connectivity index (χ3n) is 2.54. The SMILES string of the molecule is CCOC(=O)c1nc(-c2cccc(O)c2)ncc1C. The average Bonchev–Trinajstić information content (AvgIpc) is 2.39. The Kier molecular flexibility index (Phi) is 3.75. The minimum atomic E-state index is -0.469. The molecule has 0 aliphatic heterocycles. The highest BCUT2D eigenvalue weighted by atomic mass is 16.5. The number of benzene rings is 1. The number of esters is 1. The number of carbonyl (C=O) groups excluding carboxylic acids is 1. The molecule has 0 saturated heterocycles. The van der Waals surface area contributed by atoms with Crippen molar-refractivity contribution >= 4 is 5.97 Å². The molecule has 0 saturated carbocycles. The Hall–Kier alpha value is -2.43. The number of hydrogen-bond acceptors (Lipinski definition) is 5. The Morgan fingerprint density at radius 3 is 2.89 bits per heavy atom. The molecule has 0 amide bonds. The lowest BCUT2D eigenvalue weighted by Crippen LogP contribution is -2.10. The molecule has 19 heavy (non-hydrogen) atoms. The molecule has 0 atom stereocenters. The summed E-state index contributed by atoms with van der Waals surface area (Å²) in [6.07, 6.45) is 1.57. The standard InChI is InChI=1S/C14H14N2O3/c1-3-19-14(18)12-9(2)8-15-13(16-12)10-5-4-6-11(17)7-10/h4-8,17H,3H2,1-2H3. The summed E-state index contributed by atoms with van der Waals surface area (Å²) in [6.45, 7) is 3.78. The molecule has 5 nitrogen and oxygen atoms in total. The molecular weight excluding hydrogens is 244 g/mol.